The van der Waals surface area contributed by atoms with E-state index >= 15 is 0 Å². The molecule has 0 bridgehead atoms. The number of aliphatic hydroxyl groups excluding tert-OH is 1. The van der Waals surface area contributed by atoms with E-state index in [9.17, 15) is 5.11 Å². The van der Waals surface area contributed by atoms with E-state index in [-0.39, 0.29) is 12.5 Å². The van der Waals surface area contributed by atoms with Gasteiger partial charge >= 0.3 is 0 Å². The maximum Gasteiger partial charge on any atom is 0.127 e. The highest BCUT2D eigenvalue weighted by molar-refractivity contribution is 5.61. The molecule has 0 fully saturated rings. The molecule has 128 valence electrons. The van der Waals surface area contributed by atoms with E-state index in [4.69, 9.17) is 9.47 Å². The van der Waals surface area contributed by atoms with Crippen molar-refractivity contribution in [2.45, 2.75) is 52.7 Å². The van der Waals surface area contributed by atoms with Gasteiger partial charge in [-0.1, -0.05) is 30.3 Å². The van der Waals surface area contributed by atoms with Crippen LogP contribution in [0.25, 0.3) is 0 Å². The molecule has 1 atom stereocenters. The minimum atomic E-state index is -0.406. The van der Waals surface area contributed by atoms with Crippen molar-refractivity contribution in [2.24, 2.45) is 0 Å². The van der Waals surface area contributed by atoms with Gasteiger partial charge in [-0.15, -0.1) is 0 Å². The molecule has 1 aliphatic heterocycles. The maximum atomic E-state index is 9.91. The number of aliphatic hydroxyl groups is 1. The van der Waals surface area contributed by atoms with E-state index in [1.54, 1.807) is 0 Å². The van der Waals surface area contributed by atoms with Crippen molar-refractivity contribution in [2.75, 3.05) is 6.61 Å². The highest BCUT2D eigenvalue weighted by Crippen LogP contribution is 2.51. The molecule has 1 aliphatic rings. The predicted octanol–water partition coefficient (Wildman–Crippen LogP) is 4.44. The molecule has 2 aromatic carbocycles. The van der Waals surface area contributed by atoms with Crippen LogP contribution in [0.4, 0.5) is 0 Å². The molecule has 24 heavy (non-hydrogen) atoms. The van der Waals surface area contributed by atoms with E-state index in [2.05, 4.69) is 32.9 Å². The second-order valence-electron chi connectivity index (χ2n) is 7.16. The van der Waals surface area contributed by atoms with Gasteiger partial charge in [-0.25, -0.2) is 0 Å². The Bertz CT molecular complexity index is 748. The molecular formula is C21H26O3. The molecule has 3 rings (SSSR count). The Morgan fingerprint density at radius 1 is 1.04 bits per heavy atom. The Balaban J connectivity index is 2.02. The molecule has 3 nitrogen and oxygen atoms in total. The van der Waals surface area contributed by atoms with Crippen molar-refractivity contribution < 1.29 is 14.6 Å². The molecule has 0 amide bonds. The monoisotopic (exact) mass is 326 g/mol. The lowest BCUT2D eigenvalue weighted by molar-refractivity contribution is 0.0808. The summed E-state index contributed by atoms with van der Waals surface area (Å²) in [6.45, 7) is 10.9. The first kappa shape index (κ1) is 16.8. The lowest BCUT2D eigenvalue weighted by Crippen LogP contribution is -2.32. The Morgan fingerprint density at radius 2 is 1.71 bits per heavy atom. The van der Waals surface area contributed by atoms with E-state index in [1.165, 1.54) is 0 Å². The van der Waals surface area contributed by atoms with Crippen LogP contribution in [0.2, 0.25) is 0 Å². The van der Waals surface area contributed by atoms with Gasteiger partial charge in [0.15, 0.2) is 0 Å². The summed E-state index contributed by atoms with van der Waals surface area (Å²) < 4.78 is 12.4. The summed E-state index contributed by atoms with van der Waals surface area (Å²) in [6.07, 6.45) is 0. The highest BCUT2D eigenvalue weighted by atomic mass is 16.5. The summed E-state index contributed by atoms with van der Waals surface area (Å²) in [7, 11) is 0. The van der Waals surface area contributed by atoms with Crippen LogP contribution in [0, 0.1) is 20.8 Å². The van der Waals surface area contributed by atoms with Gasteiger partial charge in [0.25, 0.3) is 0 Å². The van der Waals surface area contributed by atoms with Crippen LogP contribution in [0.3, 0.4) is 0 Å². The van der Waals surface area contributed by atoms with Gasteiger partial charge in [0.1, 0.15) is 23.7 Å². The molecule has 1 N–H and O–H groups in total. The minimum Gasteiger partial charge on any atom is -0.488 e. The Labute approximate surface area is 144 Å². The zero-order valence-electron chi connectivity index (χ0n) is 15.1. The van der Waals surface area contributed by atoms with Crippen molar-refractivity contribution in [3.8, 4) is 11.5 Å². The molecule has 0 saturated heterocycles. The first-order valence-electron chi connectivity index (χ1n) is 8.47. The number of hydrogen-bond acceptors (Lipinski definition) is 3. The van der Waals surface area contributed by atoms with Crippen LogP contribution in [0.15, 0.2) is 30.3 Å². The first-order valence-corrected chi connectivity index (χ1v) is 8.47. The molecule has 1 heterocycles. The van der Waals surface area contributed by atoms with Gasteiger partial charge in [0.2, 0.25) is 0 Å². The summed E-state index contributed by atoms with van der Waals surface area (Å²) in [5.41, 5.74) is 5.11. The van der Waals surface area contributed by atoms with Gasteiger partial charge in [-0.3, -0.25) is 0 Å². The van der Waals surface area contributed by atoms with Gasteiger partial charge in [-0.05, 0) is 56.9 Å². The molecule has 0 saturated carbocycles. The fraction of sp³-hybridized carbons (Fsp3) is 0.429. The van der Waals surface area contributed by atoms with Crippen LogP contribution in [-0.4, -0.2) is 17.3 Å². The highest BCUT2D eigenvalue weighted by Gasteiger charge is 2.43. The predicted molar refractivity (Wildman–Crippen MR) is 96.0 cm³/mol. The first-order chi connectivity index (χ1) is 11.4. The van der Waals surface area contributed by atoms with Gasteiger partial charge < -0.3 is 14.6 Å². The van der Waals surface area contributed by atoms with Crippen molar-refractivity contribution in [3.05, 3.63) is 58.1 Å². The third kappa shape index (κ3) is 2.67. The molecular weight excluding hydrogens is 300 g/mol. The summed E-state index contributed by atoms with van der Waals surface area (Å²) in [6, 6.07) is 10.2. The zero-order chi connectivity index (χ0) is 17.5. The van der Waals surface area contributed by atoms with Crippen molar-refractivity contribution in [1.82, 2.24) is 0 Å². The van der Waals surface area contributed by atoms with Crippen molar-refractivity contribution >= 4 is 0 Å². The lowest BCUT2D eigenvalue weighted by Gasteiger charge is -2.25. The van der Waals surface area contributed by atoms with Gasteiger partial charge in [-0.2, -0.15) is 0 Å². The quantitative estimate of drug-likeness (QED) is 0.903. The average Bonchev–Trinajstić information content (AvgIpc) is 2.84. The second kappa shape index (κ2) is 6.14. The number of hydrogen-bond donors (Lipinski definition) is 1. The molecule has 0 radical (unpaired) electrons. The smallest absolute Gasteiger partial charge is 0.127 e. The SMILES string of the molecule is Cc1c(C)c2c(c(C)c1OCc1ccccc1)C(CO)C(C)(C)O2. The van der Waals surface area contributed by atoms with Crippen LogP contribution in [0.1, 0.15) is 47.6 Å². The number of benzene rings is 2. The fourth-order valence-electron chi connectivity index (χ4n) is 3.61. The van der Waals surface area contributed by atoms with Crippen LogP contribution < -0.4 is 9.47 Å². The molecule has 1 unspecified atom stereocenters. The second-order valence-corrected chi connectivity index (χ2v) is 7.16. The maximum absolute atomic E-state index is 9.91. The van der Waals surface area contributed by atoms with Crippen LogP contribution >= 0.6 is 0 Å². The summed E-state index contributed by atoms with van der Waals surface area (Å²) >= 11 is 0. The molecule has 0 aromatic heterocycles. The Morgan fingerprint density at radius 3 is 2.33 bits per heavy atom. The molecule has 2 aromatic rings. The van der Waals surface area contributed by atoms with E-state index in [0.29, 0.717) is 6.61 Å². The van der Waals surface area contributed by atoms with E-state index in [1.807, 2.05) is 32.0 Å². The van der Waals surface area contributed by atoms with E-state index < -0.39 is 5.60 Å². The number of ether oxygens (including phenoxy) is 2. The van der Waals surface area contributed by atoms with Crippen molar-refractivity contribution in [3.63, 3.8) is 0 Å². The number of fused-ring (bicyclic) bond motifs is 1. The standard InChI is InChI=1S/C21H26O3/c1-13-14(2)20-18(17(11-22)21(4,5)24-20)15(3)19(13)23-12-16-9-7-6-8-10-16/h6-10,17,22H,11-12H2,1-5H3. The topological polar surface area (TPSA) is 38.7 Å². The Hall–Kier alpha value is -2.00. The fourth-order valence-corrected chi connectivity index (χ4v) is 3.61. The number of rotatable bonds is 4. The van der Waals surface area contributed by atoms with Gasteiger partial charge in [0, 0.05) is 5.56 Å². The molecule has 0 spiro atoms. The van der Waals surface area contributed by atoms with Crippen LogP contribution in [-0.2, 0) is 6.61 Å². The van der Waals surface area contributed by atoms with Gasteiger partial charge in [0.05, 0.1) is 12.5 Å². The minimum absolute atomic E-state index is 0.0362. The summed E-state index contributed by atoms with van der Waals surface area (Å²) in [4.78, 5) is 0. The largest absolute Gasteiger partial charge is 0.488 e. The molecule has 3 heteroatoms. The average molecular weight is 326 g/mol. The third-order valence-corrected chi connectivity index (χ3v) is 5.19. The van der Waals surface area contributed by atoms with Crippen LogP contribution in [0.5, 0.6) is 11.5 Å². The third-order valence-electron chi connectivity index (χ3n) is 5.19. The lowest BCUT2D eigenvalue weighted by atomic mass is 9.83. The Kier molecular flexibility index (Phi) is 4.31. The normalized spacial score (nSPS) is 18.2. The summed E-state index contributed by atoms with van der Waals surface area (Å²) in [5.74, 6) is 1.79. The van der Waals surface area contributed by atoms with Crippen molar-refractivity contribution in [1.29, 1.82) is 0 Å². The van der Waals surface area contributed by atoms with E-state index in [0.717, 1.165) is 39.3 Å². The zero-order valence-corrected chi connectivity index (χ0v) is 15.1. The summed E-state index contributed by atoms with van der Waals surface area (Å²) in [5, 5.41) is 9.91. The molecule has 0 aliphatic carbocycles.